The molecular formula is C21H30N4O3S2. The van der Waals surface area contributed by atoms with Crippen molar-refractivity contribution in [1.29, 1.82) is 0 Å². The molecule has 2 aromatic heterocycles. The quantitative estimate of drug-likeness (QED) is 0.535. The number of thiophene rings is 1. The number of hydrogen-bond acceptors (Lipinski definition) is 6. The van der Waals surface area contributed by atoms with E-state index in [0.717, 1.165) is 36.1 Å². The van der Waals surface area contributed by atoms with E-state index in [2.05, 4.69) is 10.6 Å². The summed E-state index contributed by atoms with van der Waals surface area (Å²) in [6.07, 6.45) is 4.06. The number of carbonyl (C=O) groups is 2. The minimum atomic E-state index is -0.574. The molecule has 1 atom stereocenters. The summed E-state index contributed by atoms with van der Waals surface area (Å²) in [5, 5.41) is 5.78. The molecule has 30 heavy (non-hydrogen) atoms. The SMILES string of the molecule is Cc1sc2nc(S[C@H](C)C(=O)NC(=O)NC(C)(C)C)n(C3CCCC3)c(=O)c2c1C. The van der Waals surface area contributed by atoms with Crippen LogP contribution in [0.3, 0.4) is 0 Å². The highest BCUT2D eigenvalue weighted by Crippen LogP contribution is 2.35. The van der Waals surface area contributed by atoms with E-state index in [1.165, 1.54) is 23.1 Å². The topological polar surface area (TPSA) is 93.1 Å². The Hall–Kier alpha value is -1.87. The number of carbonyl (C=O) groups excluding carboxylic acids is 2. The number of imide groups is 1. The maximum atomic E-state index is 13.4. The normalized spacial score (nSPS) is 16.1. The van der Waals surface area contributed by atoms with Gasteiger partial charge in [-0.25, -0.2) is 9.78 Å². The summed E-state index contributed by atoms with van der Waals surface area (Å²) in [5.74, 6) is -0.410. The van der Waals surface area contributed by atoms with E-state index in [4.69, 9.17) is 4.98 Å². The van der Waals surface area contributed by atoms with Crippen LogP contribution in [0.5, 0.6) is 0 Å². The number of thioether (sulfide) groups is 1. The van der Waals surface area contributed by atoms with Crippen molar-refractivity contribution in [2.24, 2.45) is 0 Å². The predicted octanol–water partition coefficient (Wildman–Crippen LogP) is 4.29. The third kappa shape index (κ3) is 4.88. The molecular weight excluding hydrogens is 420 g/mol. The number of urea groups is 1. The molecule has 1 fully saturated rings. The molecule has 0 saturated heterocycles. The maximum absolute atomic E-state index is 13.4. The molecule has 1 aliphatic rings. The van der Waals surface area contributed by atoms with Gasteiger partial charge in [-0.2, -0.15) is 0 Å². The first kappa shape index (κ1) is 22.8. The Kier molecular flexibility index (Phi) is 6.62. The van der Waals surface area contributed by atoms with E-state index in [9.17, 15) is 14.4 Å². The van der Waals surface area contributed by atoms with Crippen LogP contribution in [0, 0.1) is 13.8 Å². The number of hydrogen-bond donors (Lipinski definition) is 2. The lowest BCUT2D eigenvalue weighted by Gasteiger charge is -2.22. The van der Waals surface area contributed by atoms with Gasteiger partial charge >= 0.3 is 6.03 Å². The standard InChI is InChI=1S/C21H30N4O3S2/c1-11-12(2)29-17-15(11)18(27)25(14-9-7-8-10-14)20(23-17)30-13(3)16(26)22-19(28)24-21(4,5)6/h13-14H,7-10H2,1-6H3,(H2,22,24,26,28)/t13-/m1/s1. The highest BCUT2D eigenvalue weighted by molar-refractivity contribution is 8.00. The van der Waals surface area contributed by atoms with E-state index in [-0.39, 0.29) is 11.6 Å². The summed E-state index contributed by atoms with van der Waals surface area (Å²) in [6, 6.07) is -0.419. The minimum Gasteiger partial charge on any atom is -0.333 e. The van der Waals surface area contributed by atoms with Crippen LogP contribution in [0.25, 0.3) is 10.2 Å². The summed E-state index contributed by atoms with van der Waals surface area (Å²) in [7, 11) is 0. The summed E-state index contributed by atoms with van der Waals surface area (Å²) in [5.41, 5.74) is 0.528. The highest BCUT2D eigenvalue weighted by atomic mass is 32.2. The molecule has 0 radical (unpaired) electrons. The van der Waals surface area contributed by atoms with Crippen molar-refractivity contribution in [3.63, 3.8) is 0 Å². The maximum Gasteiger partial charge on any atom is 0.321 e. The molecule has 0 spiro atoms. The molecule has 1 saturated carbocycles. The van der Waals surface area contributed by atoms with Gasteiger partial charge in [0.1, 0.15) is 4.83 Å². The van der Waals surface area contributed by atoms with Gasteiger partial charge in [0.15, 0.2) is 5.16 Å². The monoisotopic (exact) mass is 450 g/mol. The van der Waals surface area contributed by atoms with Gasteiger partial charge in [0.2, 0.25) is 5.91 Å². The molecule has 0 bridgehead atoms. The third-order valence-electron chi connectivity index (χ3n) is 5.27. The highest BCUT2D eigenvalue weighted by Gasteiger charge is 2.28. The molecule has 1 aliphatic carbocycles. The zero-order valence-electron chi connectivity index (χ0n) is 18.4. The van der Waals surface area contributed by atoms with Crippen molar-refractivity contribution in [3.05, 3.63) is 20.8 Å². The van der Waals surface area contributed by atoms with Crippen LogP contribution in [-0.2, 0) is 4.79 Å². The van der Waals surface area contributed by atoms with Gasteiger partial charge in [-0.1, -0.05) is 24.6 Å². The minimum absolute atomic E-state index is 0.0191. The molecule has 7 nitrogen and oxygen atoms in total. The summed E-state index contributed by atoms with van der Waals surface area (Å²) < 4.78 is 1.79. The van der Waals surface area contributed by atoms with Gasteiger partial charge in [0.05, 0.1) is 10.6 Å². The first-order valence-corrected chi connectivity index (χ1v) is 12.0. The van der Waals surface area contributed by atoms with Gasteiger partial charge in [-0.15, -0.1) is 11.3 Å². The Balaban J connectivity index is 1.91. The Morgan fingerprint density at radius 3 is 2.47 bits per heavy atom. The van der Waals surface area contributed by atoms with Crippen LogP contribution in [0.1, 0.15) is 69.9 Å². The second kappa shape index (κ2) is 8.70. The Morgan fingerprint density at radius 1 is 1.23 bits per heavy atom. The van der Waals surface area contributed by atoms with Crippen molar-refractivity contribution in [2.45, 2.75) is 89.2 Å². The number of amides is 3. The van der Waals surface area contributed by atoms with Gasteiger partial charge in [-0.3, -0.25) is 19.5 Å². The van der Waals surface area contributed by atoms with Crippen LogP contribution >= 0.6 is 23.1 Å². The van der Waals surface area contributed by atoms with Gasteiger partial charge < -0.3 is 5.32 Å². The lowest BCUT2D eigenvalue weighted by Crippen LogP contribution is -2.49. The van der Waals surface area contributed by atoms with Crippen LogP contribution in [0.4, 0.5) is 4.79 Å². The van der Waals surface area contributed by atoms with Crippen molar-refractivity contribution in [1.82, 2.24) is 20.2 Å². The lowest BCUT2D eigenvalue weighted by molar-refractivity contribution is -0.119. The van der Waals surface area contributed by atoms with Crippen LogP contribution < -0.4 is 16.2 Å². The molecule has 2 heterocycles. The Bertz CT molecular complexity index is 1030. The van der Waals surface area contributed by atoms with Crippen LogP contribution in [0.15, 0.2) is 9.95 Å². The zero-order valence-corrected chi connectivity index (χ0v) is 20.1. The summed E-state index contributed by atoms with van der Waals surface area (Å²) in [6.45, 7) is 11.2. The predicted molar refractivity (Wildman–Crippen MR) is 123 cm³/mol. The average Bonchev–Trinajstić information content (AvgIpc) is 3.22. The number of fused-ring (bicyclic) bond motifs is 1. The van der Waals surface area contributed by atoms with Gasteiger partial charge in [-0.05, 0) is 59.9 Å². The molecule has 0 aliphatic heterocycles. The van der Waals surface area contributed by atoms with E-state index >= 15 is 0 Å². The van der Waals surface area contributed by atoms with E-state index in [1.54, 1.807) is 11.5 Å². The largest absolute Gasteiger partial charge is 0.333 e. The molecule has 3 rings (SSSR count). The first-order valence-electron chi connectivity index (χ1n) is 10.3. The fourth-order valence-electron chi connectivity index (χ4n) is 3.65. The molecule has 0 aromatic carbocycles. The smallest absolute Gasteiger partial charge is 0.321 e. The molecule has 2 N–H and O–H groups in total. The molecule has 164 valence electrons. The van der Waals surface area contributed by atoms with Crippen LogP contribution in [0.2, 0.25) is 0 Å². The fourth-order valence-corrected chi connectivity index (χ4v) is 5.70. The Labute approximate surface area is 185 Å². The second-order valence-electron chi connectivity index (χ2n) is 8.92. The van der Waals surface area contributed by atoms with E-state index in [0.29, 0.717) is 15.4 Å². The zero-order chi connectivity index (χ0) is 22.2. The average molecular weight is 451 g/mol. The van der Waals surface area contributed by atoms with Crippen molar-refractivity contribution in [2.75, 3.05) is 0 Å². The number of nitrogens with one attached hydrogen (secondary N) is 2. The van der Waals surface area contributed by atoms with Crippen LogP contribution in [-0.4, -0.2) is 32.3 Å². The van der Waals surface area contributed by atoms with Gasteiger partial charge in [0.25, 0.3) is 5.56 Å². The van der Waals surface area contributed by atoms with Crippen molar-refractivity contribution in [3.8, 4) is 0 Å². The van der Waals surface area contributed by atoms with E-state index < -0.39 is 22.7 Å². The van der Waals surface area contributed by atoms with Crippen molar-refractivity contribution < 1.29 is 9.59 Å². The van der Waals surface area contributed by atoms with E-state index in [1.807, 2.05) is 34.6 Å². The number of aromatic nitrogens is 2. The second-order valence-corrected chi connectivity index (χ2v) is 11.4. The first-order chi connectivity index (χ1) is 14.0. The summed E-state index contributed by atoms with van der Waals surface area (Å²) in [4.78, 5) is 44.6. The number of aryl methyl sites for hydroxylation is 2. The molecule has 9 heteroatoms. The third-order valence-corrected chi connectivity index (χ3v) is 7.44. The number of rotatable bonds is 4. The van der Waals surface area contributed by atoms with Crippen molar-refractivity contribution >= 4 is 45.3 Å². The van der Waals surface area contributed by atoms with Gasteiger partial charge in [0, 0.05) is 16.5 Å². The fraction of sp³-hybridized carbons (Fsp3) is 0.619. The number of nitrogens with zero attached hydrogens (tertiary/aromatic N) is 2. The summed E-state index contributed by atoms with van der Waals surface area (Å²) >= 11 is 2.74. The molecule has 0 unspecified atom stereocenters. The molecule has 3 amide bonds. The molecule has 2 aromatic rings. The Morgan fingerprint density at radius 2 is 1.87 bits per heavy atom. The lowest BCUT2D eigenvalue weighted by atomic mass is 10.1.